The number of phosphoric ester groups is 1. The molecule has 12 heteroatoms. The molecule has 30 heavy (non-hydrogen) atoms. The Morgan fingerprint density at radius 2 is 1.87 bits per heavy atom. The summed E-state index contributed by atoms with van der Waals surface area (Å²) in [7, 11) is -4.74. The minimum Gasteiger partial charge on any atom is -0.387 e. The normalized spacial score (nSPS) is 24.8. The van der Waals surface area contributed by atoms with Gasteiger partial charge >= 0.3 is 7.82 Å². The third-order valence-electron chi connectivity index (χ3n) is 4.64. The van der Waals surface area contributed by atoms with Crippen LogP contribution in [0.3, 0.4) is 0 Å². The molecule has 4 atom stereocenters. The summed E-state index contributed by atoms with van der Waals surface area (Å²) in [4.78, 5) is 30.4. The van der Waals surface area contributed by atoms with Crippen LogP contribution in [0.25, 0.3) is 23.3 Å². The zero-order chi connectivity index (χ0) is 21.3. The maximum absolute atomic E-state index is 10.9. The van der Waals surface area contributed by atoms with Crippen molar-refractivity contribution in [3.63, 3.8) is 0 Å². The van der Waals surface area contributed by atoms with Crippen molar-refractivity contribution in [1.29, 1.82) is 0 Å². The summed E-state index contributed by atoms with van der Waals surface area (Å²) < 4.78 is 22.3. The van der Waals surface area contributed by atoms with Crippen LogP contribution in [-0.2, 0) is 13.8 Å². The van der Waals surface area contributed by atoms with E-state index in [1.54, 1.807) is 6.08 Å². The number of nitrogens with zero attached hydrogens (tertiary/aromatic N) is 4. The van der Waals surface area contributed by atoms with Gasteiger partial charge in [0.15, 0.2) is 11.9 Å². The van der Waals surface area contributed by atoms with Gasteiger partial charge in [-0.25, -0.2) is 19.5 Å². The molecule has 158 valence electrons. The molecule has 1 saturated heterocycles. The minimum atomic E-state index is -4.74. The number of aliphatic hydroxyl groups excluding tert-OH is 2. The van der Waals surface area contributed by atoms with Gasteiger partial charge in [0.25, 0.3) is 0 Å². The van der Waals surface area contributed by atoms with Crippen LogP contribution in [0, 0.1) is 0 Å². The SMILES string of the molecule is O=P(O)(O)OC[C@H]1O[C@@H](n2cnc3c(C=Cc4ccccc4)ncnc32)[C@H](O)[C@@H]1O. The van der Waals surface area contributed by atoms with Crippen molar-refractivity contribution < 1.29 is 33.8 Å². The Balaban J connectivity index is 1.59. The van der Waals surface area contributed by atoms with Crippen LogP contribution in [0.1, 0.15) is 17.5 Å². The lowest BCUT2D eigenvalue weighted by atomic mass is 10.1. The second-order valence-corrected chi connectivity index (χ2v) is 7.90. The Morgan fingerprint density at radius 1 is 1.10 bits per heavy atom. The monoisotopic (exact) mass is 434 g/mol. The predicted molar refractivity (Wildman–Crippen MR) is 105 cm³/mol. The number of aromatic nitrogens is 4. The molecule has 1 fully saturated rings. The average molecular weight is 434 g/mol. The van der Waals surface area contributed by atoms with Crippen molar-refractivity contribution in [1.82, 2.24) is 19.5 Å². The molecule has 3 heterocycles. The largest absolute Gasteiger partial charge is 0.469 e. The molecule has 1 aliphatic rings. The molecule has 2 aromatic heterocycles. The number of hydrogen-bond donors (Lipinski definition) is 4. The Kier molecular flexibility index (Phi) is 5.76. The van der Waals surface area contributed by atoms with Gasteiger partial charge in [0.1, 0.15) is 30.2 Å². The van der Waals surface area contributed by atoms with E-state index in [2.05, 4.69) is 19.5 Å². The molecule has 1 aliphatic heterocycles. The third kappa shape index (κ3) is 4.32. The second-order valence-electron chi connectivity index (χ2n) is 6.66. The molecule has 0 amide bonds. The van der Waals surface area contributed by atoms with Crippen LogP contribution in [0.2, 0.25) is 0 Å². The maximum Gasteiger partial charge on any atom is 0.469 e. The van der Waals surface area contributed by atoms with E-state index >= 15 is 0 Å². The van der Waals surface area contributed by atoms with Crippen molar-refractivity contribution >= 4 is 31.1 Å². The second kappa shape index (κ2) is 8.32. The zero-order valence-corrected chi connectivity index (χ0v) is 16.4. The summed E-state index contributed by atoms with van der Waals surface area (Å²) in [5.74, 6) is 0. The summed E-state index contributed by atoms with van der Waals surface area (Å²) >= 11 is 0. The van der Waals surface area contributed by atoms with Crippen LogP contribution in [0.4, 0.5) is 0 Å². The van der Waals surface area contributed by atoms with Crippen LogP contribution in [-0.4, -0.2) is 64.4 Å². The number of aliphatic hydroxyl groups is 2. The van der Waals surface area contributed by atoms with Crippen molar-refractivity contribution in [2.45, 2.75) is 24.5 Å². The van der Waals surface area contributed by atoms with Crippen molar-refractivity contribution in [3.8, 4) is 0 Å². The summed E-state index contributed by atoms with van der Waals surface area (Å²) in [6.45, 7) is -0.592. The molecule has 0 radical (unpaired) electrons. The van der Waals surface area contributed by atoms with Crippen LogP contribution in [0.5, 0.6) is 0 Å². The average Bonchev–Trinajstić information content (AvgIpc) is 3.27. The van der Waals surface area contributed by atoms with Gasteiger partial charge in [-0.2, -0.15) is 0 Å². The topological polar surface area (TPSA) is 160 Å². The fraction of sp³-hybridized carbons (Fsp3) is 0.278. The number of rotatable bonds is 6. The molecular formula is C18H19N4O7P. The zero-order valence-electron chi connectivity index (χ0n) is 15.5. The minimum absolute atomic E-state index is 0.366. The van der Waals surface area contributed by atoms with Gasteiger partial charge in [-0.15, -0.1) is 0 Å². The van der Waals surface area contributed by atoms with Crippen molar-refractivity contribution in [2.24, 2.45) is 0 Å². The standard InChI is InChI=1S/C18H19N4O7P/c23-15-13(8-28-30(25,26)27)29-18(16(15)24)22-10-21-14-12(19-9-20-17(14)22)7-6-11-4-2-1-3-5-11/h1-7,9-10,13,15-16,18,23-24H,8H2,(H2,25,26,27)/t13-,15-,16-,18-/m1/s1. The van der Waals surface area contributed by atoms with Crippen molar-refractivity contribution in [3.05, 3.63) is 54.2 Å². The Labute approximate surface area is 170 Å². The summed E-state index contributed by atoms with van der Waals surface area (Å²) in [6.07, 6.45) is 1.38. The first kappa shape index (κ1) is 20.8. The molecule has 11 nitrogen and oxygen atoms in total. The first-order chi connectivity index (χ1) is 14.3. The van der Waals surface area contributed by atoms with E-state index in [0.717, 1.165) is 5.56 Å². The van der Waals surface area contributed by atoms with Crippen LogP contribution in [0.15, 0.2) is 43.0 Å². The lowest BCUT2D eigenvalue weighted by Crippen LogP contribution is -2.33. The molecule has 1 aromatic carbocycles. The molecule has 0 spiro atoms. The number of hydrogen-bond acceptors (Lipinski definition) is 8. The quantitative estimate of drug-likeness (QED) is 0.407. The number of phosphoric acid groups is 1. The number of fused-ring (bicyclic) bond motifs is 1. The van der Waals surface area contributed by atoms with Gasteiger partial charge < -0.3 is 24.7 Å². The molecule has 0 aliphatic carbocycles. The molecular weight excluding hydrogens is 415 g/mol. The number of ether oxygens (including phenoxy) is 1. The fourth-order valence-corrected chi connectivity index (χ4v) is 3.53. The first-order valence-corrected chi connectivity index (χ1v) is 10.5. The Bertz CT molecular complexity index is 1100. The van der Waals surface area contributed by atoms with E-state index in [-0.39, 0.29) is 0 Å². The van der Waals surface area contributed by atoms with Gasteiger partial charge in [0, 0.05) is 0 Å². The maximum atomic E-state index is 10.9. The van der Waals surface area contributed by atoms with Crippen LogP contribution >= 0.6 is 7.82 Å². The molecule has 0 saturated carbocycles. The van der Waals surface area contributed by atoms with Gasteiger partial charge in [-0.3, -0.25) is 9.09 Å². The number of benzene rings is 1. The summed E-state index contributed by atoms with van der Waals surface area (Å²) in [5.41, 5.74) is 2.36. The highest BCUT2D eigenvalue weighted by Gasteiger charge is 2.45. The molecule has 4 N–H and O–H groups in total. The Morgan fingerprint density at radius 3 is 2.60 bits per heavy atom. The smallest absolute Gasteiger partial charge is 0.387 e. The summed E-state index contributed by atoms with van der Waals surface area (Å²) in [5, 5.41) is 20.6. The molecule has 0 unspecified atom stereocenters. The van der Waals surface area contributed by atoms with Crippen molar-refractivity contribution in [2.75, 3.05) is 6.61 Å². The predicted octanol–water partition coefficient (Wildman–Crippen LogP) is 0.725. The fourth-order valence-electron chi connectivity index (χ4n) is 3.18. The van der Waals surface area contributed by atoms with Gasteiger partial charge in [0.05, 0.1) is 18.6 Å². The lowest BCUT2D eigenvalue weighted by molar-refractivity contribution is -0.0504. The van der Waals surface area contributed by atoms with E-state index < -0.39 is 39.0 Å². The highest BCUT2D eigenvalue weighted by molar-refractivity contribution is 7.46. The van der Waals surface area contributed by atoms with Gasteiger partial charge in [-0.1, -0.05) is 36.4 Å². The van der Waals surface area contributed by atoms with Gasteiger partial charge in [-0.05, 0) is 11.6 Å². The molecule has 0 bridgehead atoms. The van der Waals surface area contributed by atoms with E-state index in [4.69, 9.17) is 14.5 Å². The lowest BCUT2D eigenvalue weighted by Gasteiger charge is -2.16. The van der Waals surface area contributed by atoms with E-state index in [1.165, 1.54) is 17.2 Å². The van der Waals surface area contributed by atoms with Crippen LogP contribution < -0.4 is 0 Å². The highest BCUT2D eigenvalue weighted by atomic mass is 31.2. The van der Waals surface area contributed by atoms with E-state index in [0.29, 0.717) is 16.9 Å². The first-order valence-electron chi connectivity index (χ1n) is 8.96. The highest BCUT2D eigenvalue weighted by Crippen LogP contribution is 2.38. The van der Waals surface area contributed by atoms with Gasteiger partial charge in [0.2, 0.25) is 0 Å². The third-order valence-corrected chi connectivity index (χ3v) is 5.12. The van der Waals surface area contributed by atoms with E-state index in [9.17, 15) is 14.8 Å². The summed E-state index contributed by atoms with van der Waals surface area (Å²) in [6, 6.07) is 9.64. The van der Waals surface area contributed by atoms with E-state index in [1.807, 2.05) is 36.4 Å². The molecule has 3 aromatic rings. The Hall–Kier alpha value is -2.50. The molecule has 4 rings (SSSR count). The number of imidazole rings is 1.